The second kappa shape index (κ2) is 6.16. The number of fused-ring (bicyclic) bond motifs is 1. The second-order valence-electron chi connectivity index (χ2n) is 5.66. The molecule has 0 bridgehead atoms. The van der Waals surface area contributed by atoms with E-state index in [1.807, 2.05) is 6.92 Å². The molecule has 3 rings (SSSR count). The van der Waals surface area contributed by atoms with Crippen LogP contribution < -0.4 is 0 Å². The van der Waals surface area contributed by atoms with Gasteiger partial charge in [-0.15, -0.1) is 5.73 Å². The number of pyridine rings is 1. The minimum atomic E-state index is -3.92. The fourth-order valence-electron chi connectivity index (χ4n) is 2.58. The first-order chi connectivity index (χ1) is 11.9. The summed E-state index contributed by atoms with van der Waals surface area (Å²) in [5.41, 5.74) is 4.55. The maximum Gasteiger partial charge on any atom is 0.285 e. The zero-order valence-electron chi connectivity index (χ0n) is 13.9. The van der Waals surface area contributed by atoms with Crippen LogP contribution in [0, 0.1) is 6.92 Å². The van der Waals surface area contributed by atoms with Crippen molar-refractivity contribution in [1.29, 1.82) is 0 Å². The van der Waals surface area contributed by atoms with Crippen molar-refractivity contribution in [1.82, 2.24) is 8.96 Å². The van der Waals surface area contributed by atoms with E-state index in [1.54, 1.807) is 37.3 Å². The van der Waals surface area contributed by atoms with Crippen molar-refractivity contribution >= 4 is 26.7 Å². The van der Waals surface area contributed by atoms with Crippen molar-refractivity contribution < 1.29 is 13.2 Å². The molecular weight excluding hydrogens is 336 g/mol. The summed E-state index contributed by atoms with van der Waals surface area (Å²) in [7, 11) is -3.92. The molecule has 5 nitrogen and oxygen atoms in total. The number of carbonyl (C=O) groups is 1. The number of carbonyl (C=O) groups excluding carboxylic acids is 1. The molecule has 0 fully saturated rings. The second-order valence-corrected chi connectivity index (χ2v) is 7.42. The van der Waals surface area contributed by atoms with E-state index in [9.17, 15) is 13.2 Å². The van der Waals surface area contributed by atoms with Gasteiger partial charge >= 0.3 is 0 Å². The molecule has 0 radical (unpaired) electrons. The van der Waals surface area contributed by atoms with Crippen LogP contribution in [0.4, 0.5) is 0 Å². The summed E-state index contributed by atoms with van der Waals surface area (Å²) < 4.78 is 27.0. The standard InChI is InChI=1S/C19H16N2O3S/c1-4-14(3)19(22)16-12-21(17-9-8-13(2)11-15(16)17)25(23,24)18-7-5-6-10-20-18/h5-12H,1H2,2-3H3. The average Bonchev–Trinajstić information content (AvgIpc) is 3.00. The molecule has 0 saturated heterocycles. The molecule has 0 aliphatic carbocycles. The smallest absolute Gasteiger partial charge is 0.285 e. The van der Waals surface area contributed by atoms with E-state index in [1.165, 1.54) is 18.5 Å². The highest BCUT2D eigenvalue weighted by Gasteiger charge is 2.25. The van der Waals surface area contributed by atoms with Gasteiger partial charge in [0.1, 0.15) is 0 Å². The number of rotatable bonds is 4. The highest BCUT2D eigenvalue weighted by atomic mass is 32.2. The van der Waals surface area contributed by atoms with Gasteiger partial charge in [-0.05, 0) is 38.1 Å². The van der Waals surface area contributed by atoms with Crippen LogP contribution in [-0.4, -0.2) is 23.2 Å². The predicted molar refractivity (Wildman–Crippen MR) is 96.2 cm³/mol. The van der Waals surface area contributed by atoms with Gasteiger partial charge in [-0.25, -0.2) is 8.96 Å². The van der Waals surface area contributed by atoms with Gasteiger partial charge in [0.2, 0.25) is 0 Å². The lowest BCUT2D eigenvalue weighted by Gasteiger charge is -2.06. The highest BCUT2D eigenvalue weighted by molar-refractivity contribution is 7.90. The summed E-state index contributed by atoms with van der Waals surface area (Å²) in [4.78, 5) is 16.5. The van der Waals surface area contributed by atoms with E-state index < -0.39 is 10.0 Å². The first-order valence-corrected chi connectivity index (χ1v) is 9.00. The summed E-state index contributed by atoms with van der Waals surface area (Å²) in [6, 6.07) is 9.96. The number of aromatic nitrogens is 2. The molecular formula is C19H16N2O3S. The number of hydrogen-bond acceptors (Lipinski definition) is 4. The van der Waals surface area contributed by atoms with E-state index in [4.69, 9.17) is 0 Å². The number of allylic oxidation sites excluding steroid dienone is 1. The molecule has 126 valence electrons. The molecule has 0 unspecified atom stereocenters. The van der Waals surface area contributed by atoms with Gasteiger partial charge in [0.25, 0.3) is 10.0 Å². The third-order valence-corrected chi connectivity index (χ3v) is 5.53. The van der Waals surface area contributed by atoms with Gasteiger partial charge in [-0.1, -0.05) is 24.3 Å². The molecule has 0 atom stereocenters. The Morgan fingerprint density at radius 1 is 1.24 bits per heavy atom. The highest BCUT2D eigenvalue weighted by Crippen LogP contribution is 2.28. The Hall–Kier alpha value is -2.95. The van der Waals surface area contributed by atoms with Crippen molar-refractivity contribution in [2.45, 2.75) is 18.9 Å². The molecule has 0 spiro atoms. The van der Waals surface area contributed by atoms with Crippen molar-refractivity contribution in [3.8, 4) is 0 Å². The normalized spacial score (nSPS) is 11.3. The molecule has 25 heavy (non-hydrogen) atoms. The molecule has 0 N–H and O–H groups in total. The van der Waals surface area contributed by atoms with Crippen molar-refractivity contribution in [3.05, 3.63) is 77.8 Å². The third kappa shape index (κ3) is 2.82. The van der Waals surface area contributed by atoms with E-state index in [-0.39, 0.29) is 10.8 Å². The summed E-state index contributed by atoms with van der Waals surface area (Å²) in [5.74, 6) is -0.305. The predicted octanol–water partition coefficient (Wildman–Crippen LogP) is 3.50. The largest absolute Gasteiger partial charge is 0.288 e. The van der Waals surface area contributed by atoms with Crippen molar-refractivity contribution in [2.24, 2.45) is 0 Å². The van der Waals surface area contributed by atoms with Gasteiger partial charge in [-0.2, -0.15) is 8.42 Å². The summed E-state index contributed by atoms with van der Waals surface area (Å²) in [6.07, 6.45) is 2.76. The van der Waals surface area contributed by atoms with Gasteiger partial charge in [0, 0.05) is 28.9 Å². The minimum absolute atomic E-state index is 0.0811. The first kappa shape index (κ1) is 16.9. The van der Waals surface area contributed by atoms with Crippen LogP contribution in [0.5, 0.6) is 0 Å². The van der Waals surface area contributed by atoms with Gasteiger partial charge in [0.05, 0.1) is 5.52 Å². The number of hydrogen-bond donors (Lipinski definition) is 0. The summed E-state index contributed by atoms with van der Waals surface area (Å²) in [6.45, 7) is 6.97. The maximum absolute atomic E-state index is 13.0. The molecule has 1 aromatic carbocycles. The van der Waals surface area contributed by atoms with E-state index in [0.717, 1.165) is 9.54 Å². The van der Waals surface area contributed by atoms with Crippen molar-refractivity contribution in [3.63, 3.8) is 0 Å². The van der Waals surface area contributed by atoms with Crippen LogP contribution in [0.15, 0.2) is 71.7 Å². The Morgan fingerprint density at radius 3 is 2.64 bits per heavy atom. The number of ketones is 1. The Bertz CT molecular complexity index is 1140. The number of Topliss-reactive ketones (excluding diaryl/α,β-unsaturated/α-hetero) is 1. The van der Waals surface area contributed by atoms with Crippen LogP contribution in [0.25, 0.3) is 10.9 Å². The zero-order valence-corrected chi connectivity index (χ0v) is 14.7. The molecule has 2 aromatic heterocycles. The van der Waals surface area contributed by atoms with Crippen LogP contribution in [-0.2, 0) is 10.0 Å². The Labute approximate surface area is 146 Å². The van der Waals surface area contributed by atoms with E-state index in [0.29, 0.717) is 22.0 Å². The third-order valence-electron chi connectivity index (χ3n) is 3.94. The lowest BCUT2D eigenvalue weighted by molar-refractivity contribution is 0.103. The van der Waals surface area contributed by atoms with Crippen LogP contribution >= 0.6 is 0 Å². The quantitative estimate of drug-likeness (QED) is 0.409. The maximum atomic E-state index is 13.0. The molecule has 0 aliphatic heterocycles. The van der Waals surface area contributed by atoms with Crippen molar-refractivity contribution in [2.75, 3.05) is 0 Å². The van der Waals surface area contributed by atoms with Crippen LogP contribution in [0.2, 0.25) is 0 Å². The topological polar surface area (TPSA) is 69.0 Å². The number of aryl methyl sites for hydroxylation is 1. The van der Waals surface area contributed by atoms with E-state index >= 15 is 0 Å². The zero-order chi connectivity index (χ0) is 18.2. The fraction of sp³-hybridized carbons (Fsp3) is 0.105. The number of nitrogens with zero attached hydrogens (tertiary/aromatic N) is 2. The minimum Gasteiger partial charge on any atom is -0.288 e. The molecule has 0 amide bonds. The molecule has 6 heteroatoms. The van der Waals surface area contributed by atoms with Crippen LogP contribution in [0.1, 0.15) is 22.8 Å². The lowest BCUT2D eigenvalue weighted by Crippen LogP contribution is -2.13. The summed E-state index contributed by atoms with van der Waals surface area (Å²) in [5, 5.41) is 0.488. The average molecular weight is 352 g/mol. The van der Waals surface area contributed by atoms with Gasteiger partial charge < -0.3 is 0 Å². The number of benzene rings is 1. The Morgan fingerprint density at radius 2 is 2.00 bits per heavy atom. The molecule has 3 aromatic rings. The van der Waals surface area contributed by atoms with Crippen LogP contribution in [0.3, 0.4) is 0 Å². The fourth-order valence-corrected chi connectivity index (χ4v) is 3.89. The van der Waals surface area contributed by atoms with Gasteiger partial charge in [0.15, 0.2) is 10.8 Å². The molecule has 2 heterocycles. The molecule has 0 aliphatic rings. The van der Waals surface area contributed by atoms with Gasteiger partial charge in [-0.3, -0.25) is 4.79 Å². The Kier molecular flexibility index (Phi) is 4.17. The SMILES string of the molecule is C=C=C(C)C(=O)c1cn(S(=O)(=O)c2ccccn2)c2ccc(C)cc12. The van der Waals surface area contributed by atoms with E-state index in [2.05, 4.69) is 17.3 Å². The summed E-state index contributed by atoms with van der Waals surface area (Å²) >= 11 is 0. The first-order valence-electron chi connectivity index (χ1n) is 7.56. The Balaban J connectivity index is 2.35. The lowest BCUT2D eigenvalue weighted by atomic mass is 10.0. The monoisotopic (exact) mass is 352 g/mol. The molecule has 0 saturated carbocycles.